The number of nitrogens with two attached hydrogens (primary N) is 1. The number of aromatic hydroxyl groups is 1. The van der Waals surface area contributed by atoms with Gasteiger partial charge in [0.15, 0.2) is 11.5 Å². The molecule has 0 saturated carbocycles. The lowest BCUT2D eigenvalue weighted by atomic mass is 10.0. The molecule has 1 aliphatic rings. The fourth-order valence-corrected chi connectivity index (χ4v) is 7.14. The normalized spacial score (nSPS) is 15.0. The van der Waals surface area contributed by atoms with E-state index in [0.717, 1.165) is 12.1 Å². The van der Waals surface area contributed by atoms with Crippen LogP contribution in [0.4, 0.5) is 20.4 Å². The number of amides is 1. The lowest BCUT2D eigenvalue weighted by molar-refractivity contribution is -0.131. The van der Waals surface area contributed by atoms with Crippen LogP contribution in [0.1, 0.15) is 50.8 Å². The summed E-state index contributed by atoms with van der Waals surface area (Å²) in [5, 5.41) is 19.1. The number of halogens is 2. The van der Waals surface area contributed by atoms with Crippen molar-refractivity contribution in [3.63, 3.8) is 0 Å². The lowest BCUT2D eigenvalue weighted by Gasteiger charge is -2.42. The van der Waals surface area contributed by atoms with E-state index in [1.807, 2.05) is 18.7 Å². The van der Waals surface area contributed by atoms with Crippen LogP contribution in [0.15, 0.2) is 64.5 Å². The van der Waals surface area contributed by atoms with Crippen molar-refractivity contribution in [1.82, 2.24) is 29.4 Å². The van der Waals surface area contributed by atoms with Gasteiger partial charge in [-0.2, -0.15) is 4.98 Å². The molecule has 1 fully saturated rings. The predicted octanol–water partition coefficient (Wildman–Crippen LogP) is 4.23. The summed E-state index contributed by atoms with van der Waals surface area (Å²) in [5.41, 5.74) is -0.135. The predicted molar refractivity (Wildman–Crippen MR) is 195 cm³/mol. The standard InChI is InChI=1S/C36H39F2N9O5S/c1-5-29(49)45-15-16-46(22(19-45)10-13-40-28-17-23(11-14-41-28)53(39,51)52)34-24-18-26(38)32(30-25(37)7-6-8-27(30)48)43-35(24)47(36(50)44-34)33-21(4)9-12-42-31(33)20(2)3/h6-9,11-12,14,17-18,20,22,48H,5,10,13,15-16,19H2,1-4H3,(H,40,41)(H2,39,51,52). The van der Waals surface area contributed by atoms with Gasteiger partial charge in [-0.1, -0.05) is 26.8 Å². The van der Waals surface area contributed by atoms with E-state index in [-0.39, 0.29) is 72.0 Å². The van der Waals surface area contributed by atoms with E-state index in [2.05, 4.69) is 25.3 Å². The SMILES string of the molecule is CCC(=O)N1CCN(c2nc(=O)n(-c3c(C)ccnc3C(C)C)c3nc(-c4c(O)cccc4F)c(F)cc23)C(CCNc2cc(S(N)(=O)=O)ccn2)C1. The first-order chi connectivity index (χ1) is 25.2. The second-order valence-corrected chi connectivity index (χ2v) is 14.6. The first kappa shape index (κ1) is 37.2. The Hall–Kier alpha value is -5.55. The van der Waals surface area contributed by atoms with Crippen molar-refractivity contribution < 1.29 is 27.1 Å². The molecular weight excluding hydrogens is 709 g/mol. The topological polar surface area (TPSA) is 190 Å². The van der Waals surface area contributed by atoms with Crippen molar-refractivity contribution >= 4 is 38.6 Å². The Morgan fingerprint density at radius 3 is 2.53 bits per heavy atom. The van der Waals surface area contributed by atoms with E-state index < -0.39 is 50.4 Å². The van der Waals surface area contributed by atoms with E-state index in [0.29, 0.717) is 23.4 Å². The van der Waals surface area contributed by atoms with Crippen molar-refractivity contribution in [2.24, 2.45) is 5.14 Å². The molecule has 1 unspecified atom stereocenters. The van der Waals surface area contributed by atoms with Gasteiger partial charge in [0.25, 0.3) is 0 Å². The minimum Gasteiger partial charge on any atom is -0.507 e. The van der Waals surface area contributed by atoms with Crippen molar-refractivity contribution in [2.45, 2.75) is 57.4 Å². The Morgan fingerprint density at radius 2 is 1.83 bits per heavy atom. The van der Waals surface area contributed by atoms with Gasteiger partial charge in [-0.25, -0.2) is 41.7 Å². The van der Waals surface area contributed by atoms with Crippen molar-refractivity contribution in [2.75, 3.05) is 36.4 Å². The van der Waals surface area contributed by atoms with Crippen LogP contribution >= 0.6 is 0 Å². The van der Waals surface area contributed by atoms with Crippen LogP contribution in [0.2, 0.25) is 0 Å². The van der Waals surface area contributed by atoms with Gasteiger partial charge < -0.3 is 20.2 Å². The molecule has 4 aromatic heterocycles. The van der Waals surface area contributed by atoms with Gasteiger partial charge >= 0.3 is 5.69 Å². The minimum atomic E-state index is -3.97. The molecule has 1 aliphatic heterocycles. The maximum Gasteiger partial charge on any atom is 0.355 e. The Bertz CT molecular complexity index is 2370. The van der Waals surface area contributed by atoms with Crippen LogP contribution in [0.25, 0.3) is 28.0 Å². The van der Waals surface area contributed by atoms with Gasteiger partial charge in [0, 0.05) is 57.1 Å². The zero-order valence-corrected chi connectivity index (χ0v) is 30.4. The van der Waals surface area contributed by atoms with E-state index >= 15 is 8.78 Å². The Labute approximate surface area is 304 Å². The number of carbonyl (C=O) groups excluding carboxylic acids is 1. The third-order valence-electron chi connectivity index (χ3n) is 9.21. The number of pyridine rings is 3. The number of nitrogens with one attached hydrogen (secondary N) is 1. The molecular formula is C36H39F2N9O5S. The van der Waals surface area contributed by atoms with Gasteiger partial charge in [-0.3, -0.25) is 9.78 Å². The summed E-state index contributed by atoms with van der Waals surface area (Å²) in [4.78, 5) is 48.4. The Morgan fingerprint density at radius 1 is 1.08 bits per heavy atom. The molecule has 0 bridgehead atoms. The number of hydrogen-bond donors (Lipinski definition) is 3. The van der Waals surface area contributed by atoms with Gasteiger partial charge in [-0.05, 0) is 55.2 Å². The van der Waals surface area contributed by atoms with Crippen LogP contribution in [0, 0.1) is 18.6 Å². The first-order valence-electron chi connectivity index (χ1n) is 17.0. The summed E-state index contributed by atoms with van der Waals surface area (Å²) >= 11 is 0. The number of phenolic OH excluding ortho intramolecular Hbond substituents is 1. The van der Waals surface area contributed by atoms with Gasteiger partial charge in [-0.15, -0.1) is 0 Å². The number of hydrogen-bond acceptors (Lipinski definition) is 11. The number of piperazine rings is 1. The number of sulfonamides is 1. The molecule has 278 valence electrons. The summed E-state index contributed by atoms with van der Waals surface area (Å²) in [5.74, 6) is -2.27. The zero-order chi connectivity index (χ0) is 38.2. The van der Waals surface area contributed by atoms with Crippen LogP contribution in [-0.2, 0) is 14.8 Å². The van der Waals surface area contributed by atoms with Crippen LogP contribution in [0.3, 0.4) is 0 Å². The number of nitrogens with zero attached hydrogens (tertiary/aromatic N) is 7. The molecule has 14 nitrogen and oxygen atoms in total. The van der Waals surface area contributed by atoms with E-state index in [1.54, 1.807) is 31.0 Å². The highest BCUT2D eigenvalue weighted by Crippen LogP contribution is 2.37. The molecule has 0 aliphatic carbocycles. The minimum absolute atomic E-state index is 0.0370. The number of primary sulfonamides is 1. The quantitative estimate of drug-likeness (QED) is 0.185. The Kier molecular flexibility index (Phi) is 10.4. The second kappa shape index (κ2) is 14.8. The molecule has 0 radical (unpaired) electrons. The highest BCUT2D eigenvalue weighted by atomic mass is 32.2. The smallest absolute Gasteiger partial charge is 0.355 e. The Balaban J connectivity index is 1.52. The third-order valence-corrected chi connectivity index (χ3v) is 10.1. The highest BCUT2D eigenvalue weighted by Gasteiger charge is 2.33. The number of carbonyl (C=O) groups is 1. The lowest BCUT2D eigenvalue weighted by Crippen LogP contribution is -2.56. The summed E-state index contributed by atoms with van der Waals surface area (Å²) in [6.07, 6.45) is 3.55. The number of rotatable bonds is 10. The molecule has 4 N–H and O–H groups in total. The molecule has 5 aromatic rings. The van der Waals surface area contributed by atoms with Crippen molar-refractivity contribution in [3.8, 4) is 22.7 Å². The molecule has 1 amide bonds. The third kappa shape index (κ3) is 7.39. The number of anilines is 2. The largest absolute Gasteiger partial charge is 0.507 e. The summed E-state index contributed by atoms with van der Waals surface area (Å²) in [6, 6.07) is 8.54. The first-order valence-corrected chi connectivity index (χ1v) is 18.6. The number of aromatic nitrogens is 5. The summed E-state index contributed by atoms with van der Waals surface area (Å²) in [6.45, 7) is 8.37. The average Bonchev–Trinajstić information content (AvgIpc) is 3.11. The number of fused-ring (bicyclic) bond motifs is 1. The molecule has 53 heavy (non-hydrogen) atoms. The van der Waals surface area contributed by atoms with E-state index in [9.17, 15) is 23.1 Å². The van der Waals surface area contributed by atoms with Gasteiger partial charge in [0.2, 0.25) is 15.9 Å². The van der Waals surface area contributed by atoms with Crippen LogP contribution in [-0.4, -0.2) is 81.1 Å². The van der Waals surface area contributed by atoms with Crippen LogP contribution < -0.4 is 21.0 Å². The molecule has 5 heterocycles. The summed E-state index contributed by atoms with van der Waals surface area (Å²) < 4.78 is 56.5. The van der Waals surface area contributed by atoms with E-state index in [1.165, 1.54) is 35.0 Å². The second-order valence-electron chi connectivity index (χ2n) is 13.1. The van der Waals surface area contributed by atoms with Gasteiger partial charge in [0.05, 0.1) is 27.2 Å². The van der Waals surface area contributed by atoms with Crippen molar-refractivity contribution in [1.29, 1.82) is 0 Å². The van der Waals surface area contributed by atoms with Gasteiger partial charge in [0.1, 0.15) is 28.9 Å². The van der Waals surface area contributed by atoms with Crippen LogP contribution in [0.5, 0.6) is 5.75 Å². The number of phenols is 1. The fraction of sp³-hybridized carbons (Fsp3) is 0.333. The summed E-state index contributed by atoms with van der Waals surface area (Å²) in [7, 11) is -3.97. The highest BCUT2D eigenvalue weighted by molar-refractivity contribution is 7.89. The molecule has 1 aromatic carbocycles. The molecule has 1 saturated heterocycles. The molecule has 1 atom stereocenters. The maximum atomic E-state index is 16.2. The fourth-order valence-electron chi connectivity index (χ4n) is 6.62. The monoisotopic (exact) mass is 747 g/mol. The number of benzene rings is 1. The average molecular weight is 748 g/mol. The molecule has 17 heteroatoms. The molecule has 0 spiro atoms. The van der Waals surface area contributed by atoms with E-state index in [4.69, 9.17) is 5.14 Å². The number of aryl methyl sites for hydroxylation is 1. The maximum absolute atomic E-state index is 16.2. The van der Waals surface area contributed by atoms with Crippen molar-refractivity contribution in [3.05, 3.63) is 88.2 Å². The zero-order valence-electron chi connectivity index (χ0n) is 29.5. The molecule has 6 rings (SSSR count).